The van der Waals surface area contributed by atoms with E-state index in [-0.39, 0.29) is 28.1 Å². The molecule has 3 heterocycles. The second-order valence-electron chi connectivity index (χ2n) is 6.54. The van der Waals surface area contributed by atoms with E-state index in [9.17, 15) is 14.9 Å². The molecule has 0 fully saturated rings. The van der Waals surface area contributed by atoms with E-state index < -0.39 is 11.9 Å². The van der Waals surface area contributed by atoms with Gasteiger partial charge in [0.2, 0.25) is 0 Å². The fourth-order valence-corrected chi connectivity index (χ4v) is 3.36. The monoisotopic (exact) mass is 415 g/mol. The molecule has 0 atom stereocenters. The van der Waals surface area contributed by atoms with Crippen LogP contribution >= 0.6 is 0 Å². The highest BCUT2D eigenvalue weighted by Crippen LogP contribution is 2.31. The summed E-state index contributed by atoms with van der Waals surface area (Å²) in [5.41, 5.74) is 1.95. The van der Waals surface area contributed by atoms with E-state index in [2.05, 4.69) is 21.4 Å². The van der Waals surface area contributed by atoms with Crippen LogP contribution in [0.4, 0.5) is 5.82 Å². The summed E-state index contributed by atoms with van der Waals surface area (Å²) in [6.45, 7) is 0.324. The Morgan fingerprint density at radius 3 is 2.52 bits per heavy atom. The first-order valence-electron chi connectivity index (χ1n) is 9.27. The van der Waals surface area contributed by atoms with Crippen LogP contribution in [0.5, 0.6) is 0 Å². The molecule has 1 N–H and O–H groups in total. The summed E-state index contributed by atoms with van der Waals surface area (Å²) < 4.78 is 11.3. The summed E-state index contributed by atoms with van der Waals surface area (Å²) in [6, 6.07) is 16.7. The number of benzene rings is 1. The second-order valence-corrected chi connectivity index (χ2v) is 6.54. The smallest absolute Gasteiger partial charge is 0.355 e. The van der Waals surface area contributed by atoms with Crippen LogP contribution in [0.3, 0.4) is 0 Å². The lowest BCUT2D eigenvalue weighted by Gasteiger charge is -2.24. The molecule has 2 aromatic heterocycles. The quantitative estimate of drug-likeness (QED) is 0.646. The molecule has 9 heteroatoms. The lowest BCUT2D eigenvalue weighted by Crippen LogP contribution is -2.30. The average molecular weight is 415 g/mol. The van der Waals surface area contributed by atoms with E-state index >= 15 is 0 Å². The summed E-state index contributed by atoms with van der Waals surface area (Å²) in [7, 11) is 2.42. The summed E-state index contributed by atoms with van der Waals surface area (Å²) in [5.74, 6) is -1.23. The summed E-state index contributed by atoms with van der Waals surface area (Å²) >= 11 is 0. The Hall–Kier alpha value is -4.45. The van der Waals surface area contributed by atoms with E-state index in [4.69, 9.17) is 9.47 Å². The van der Waals surface area contributed by atoms with Gasteiger partial charge in [-0.3, -0.25) is 9.39 Å². The number of rotatable bonds is 4. The first-order chi connectivity index (χ1) is 15.1. The van der Waals surface area contributed by atoms with Gasteiger partial charge in [-0.1, -0.05) is 36.4 Å². The van der Waals surface area contributed by atoms with Crippen molar-refractivity contribution < 1.29 is 19.1 Å². The Kier molecular flexibility index (Phi) is 5.20. The van der Waals surface area contributed by atoms with Crippen molar-refractivity contribution in [3.63, 3.8) is 0 Å². The first-order valence-corrected chi connectivity index (χ1v) is 9.27. The van der Waals surface area contributed by atoms with Crippen LogP contribution in [0.15, 0.2) is 59.2 Å². The molecule has 4 rings (SSSR count). The number of hydrogen-bond acceptors (Lipinski definition) is 8. The van der Waals surface area contributed by atoms with Crippen LogP contribution in [0.25, 0.3) is 11.2 Å². The molecule has 0 aliphatic carbocycles. The maximum absolute atomic E-state index is 12.5. The number of carbonyl (C=O) groups excluding carboxylic acids is 2. The third-order valence-corrected chi connectivity index (χ3v) is 4.77. The number of ether oxygens (including phenoxy) is 2. The SMILES string of the molecule is COC(=O)C1=C(C(=O)OC)c2cccc3nc(=NCc4ccccc4)c(C#N)c(n23)N1. The van der Waals surface area contributed by atoms with Gasteiger partial charge in [-0.15, -0.1) is 0 Å². The zero-order valence-corrected chi connectivity index (χ0v) is 16.7. The minimum Gasteiger partial charge on any atom is -0.465 e. The van der Waals surface area contributed by atoms with Crippen molar-refractivity contribution in [3.05, 3.63) is 76.5 Å². The maximum Gasteiger partial charge on any atom is 0.355 e. The highest BCUT2D eigenvalue weighted by Gasteiger charge is 2.32. The van der Waals surface area contributed by atoms with Crippen LogP contribution in [-0.2, 0) is 25.6 Å². The number of nitrogens with one attached hydrogen (secondary N) is 1. The van der Waals surface area contributed by atoms with Crippen molar-refractivity contribution in [2.24, 2.45) is 4.99 Å². The zero-order chi connectivity index (χ0) is 22.0. The summed E-state index contributed by atoms with van der Waals surface area (Å²) in [4.78, 5) is 33.9. The maximum atomic E-state index is 12.5. The highest BCUT2D eigenvalue weighted by molar-refractivity contribution is 6.24. The van der Waals surface area contributed by atoms with Crippen LogP contribution in [0.2, 0.25) is 0 Å². The molecule has 1 aliphatic rings. The van der Waals surface area contributed by atoms with Gasteiger partial charge in [-0.25, -0.2) is 14.6 Å². The van der Waals surface area contributed by atoms with Crippen molar-refractivity contribution in [1.29, 1.82) is 5.26 Å². The number of hydrogen-bond donors (Lipinski definition) is 1. The standard InChI is InChI=1S/C22H17N5O4/c1-30-21(28)17-15-9-6-10-16-25-19(24-12-13-7-4-3-5-8-13)14(11-23)20(27(15)16)26-18(17)22(29)31-2/h3-10,26H,12H2,1-2H3. The van der Waals surface area contributed by atoms with Crippen molar-refractivity contribution in [3.8, 4) is 6.07 Å². The van der Waals surface area contributed by atoms with Gasteiger partial charge in [-0.05, 0) is 17.7 Å². The molecule has 0 amide bonds. The Morgan fingerprint density at radius 2 is 1.84 bits per heavy atom. The van der Waals surface area contributed by atoms with Gasteiger partial charge in [0.25, 0.3) is 0 Å². The number of nitrogens with zero attached hydrogens (tertiary/aromatic N) is 4. The number of methoxy groups -OCH3 is 2. The van der Waals surface area contributed by atoms with Gasteiger partial charge in [-0.2, -0.15) is 5.26 Å². The van der Waals surface area contributed by atoms with Gasteiger partial charge in [0, 0.05) is 0 Å². The van der Waals surface area contributed by atoms with Crippen molar-refractivity contribution >= 4 is 29.0 Å². The topological polar surface area (TPSA) is 118 Å². The Labute approximate surface area is 176 Å². The minimum atomic E-state index is -0.771. The van der Waals surface area contributed by atoms with Crippen LogP contribution in [0.1, 0.15) is 16.8 Å². The molecule has 0 radical (unpaired) electrons. The van der Waals surface area contributed by atoms with Gasteiger partial charge in [0.15, 0.2) is 5.49 Å². The Balaban J connectivity index is 1.99. The predicted octanol–water partition coefficient (Wildman–Crippen LogP) is 1.79. The number of carbonyl (C=O) groups is 2. The Morgan fingerprint density at radius 1 is 1.10 bits per heavy atom. The molecule has 0 unspecified atom stereocenters. The van der Waals surface area contributed by atoms with Crippen molar-refractivity contribution in [2.75, 3.05) is 19.5 Å². The molecule has 1 aliphatic heterocycles. The summed E-state index contributed by atoms with van der Waals surface area (Å²) in [6.07, 6.45) is 0. The minimum absolute atomic E-state index is 0.0166. The fraction of sp³-hybridized carbons (Fsp3) is 0.136. The van der Waals surface area contributed by atoms with Crippen LogP contribution in [-0.4, -0.2) is 35.5 Å². The molecular formula is C22H17N5O4. The van der Waals surface area contributed by atoms with Crippen molar-refractivity contribution in [1.82, 2.24) is 9.38 Å². The average Bonchev–Trinajstić information content (AvgIpc) is 2.82. The number of nitriles is 1. The zero-order valence-electron chi connectivity index (χ0n) is 16.7. The van der Waals surface area contributed by atoms with Gasteiger partial charge in [0.1, 0.15) is 34.4 Å². The van der Waals surface area contributed by atoms with E-state index in [1.165, 1.54) is 14.2 Å². The molecule has 0 saturated carbocycles. The molecule has 9 nitrogen and oxygen atoms in total. The molecule has 3 aromatic rings. The van der Waals surface area contributed by atoms with Gasteiger partial charge >= 0.3 is 11.9 Å². The lowest BCUT2D eigenvalue weighted by molar-refractivity contribution is -0.137. The van der Waals surface area contributed by atoms with E-state index in [0.717, 1.165) is 5.56 Å². The van der Waals surface area contributed by atoms with E-state index in [1.54, 1.807) is 22.6 Å². The lowest BCUT2D eigenvalue weighted by atomic mass is 10.1. The molecule has 1 aromatic carbocycles. The summed E-state index contributed by atoms with van der Waals surface area (Å²) in [5, 5.41) is 12.8. The number of pyridine rings is 1. The molecule has 0 spiro atoms. The third kappa shape index (κ3) is 3.40. The number of esters is 2. The first kappa shape index (κ1) is 19.8. The predicted molar refractivity (Wildman–Crippen MR) is 110 cm³/mol. The molecule has 154 valence electrons. The highest BCUT2D eigenvalue weighted by atomic mass is 16.5. The number of aromatic nitrogens is 2. The van der Waals surface area contributed by atoms with Gasteiger partial charge in [0.05, 0.1) is 26.5 Å². The van der Waals surface area contributed by atoms with Crippen LogP contribution < -0.4 is 10.8 Å². The van der Waals surface area contributed by atoms with E-state index in [0.29, 0.717) is 17.9 Å². The third-order valence-electron chi connectivity index (χ3n) is 4.77. The van der Waals surface area contributed by atoms with E-state index in [1.807, 2.05) is 30.3 Å². The molecule has 0 saturated heterocycles. The second kappa shape index (κ2) is 8.12. The fourth-order valence-electron chi connectivity index (χ4n) is 3.36. The van der Waals surface area contributed by atoms with Crippen LogP contribution in [0, 0.1) is 11.3 Å². The van der Waals surface area contributed by atoms with Crippen molar-refractivity contribution in [2.45, 2.75) is 6.54 Å². The Bertz CT molecular complexity index is 1350. The molecular weight excluding hydrogens is 398 g/mol. The largest absolute Gasteiger partial charge is 0.465 e. The molecule has 0 bridgehead atoms. The van der Waals surface area contributed by atoms with Gasteiger partial charge < -0.3 is 14.8 Å². The number of anilines is 1. The normalized spacial score (nSPS) is 12.9. The molecule has 31 heavy (non-hydrogen) atoms.